The van der Waals surface area contributed by atoms with E-state index in [4.69, 9.17) is 14.2 Å². The number of rotatable bonds is 56. The van der Waals surface area contributed by atoms with E-state index >= 15 is 0 Å². The first-order valence-electron chi connectivity index (χ1n) is 30.9. The lowest BCUT2D eigenvalue weighted by atomic mass is 10.0. The van der Waals surface area contributed by atoms with Gasteiger partial charge in [-0.3, -0.25) is 14.4 Å². The van der Waals surface area contributed by atoms with Gasteiger partial charge >= 0.3 is 17.9 Å². The van der Waals surface area contributed by atoms with Crippen molar-refractivity contribution in [1.82, 2.24) is 0 Å². The molecule has 0 saturated carbocycles. The zero-order valence-corrected chi connectivity index (χ0v) is 47.7. The minimum atomic E-state index is -0.806. The van der Waals surface area contributed by atoms with Crippen molar-refractivity contribution in [3.8, 4) is 0 Å². The molecule has 0 aromatic heterocycles. The Bertz CT molecular complexity index is 1340. The van der Waals surface area contributed by atoms with Gasteiger partial charge in [0, 0.05) is 19.3 Å². The Morgan fingerprint density at radius 1 is 0.292 bits per heavy atom. The Morgan fingerprint density at radius 3 is 0.958 bits per heavy atom. The largest absolute Gasteiger partial charge is 0.462 e. The summed E-state index contributed by atoms with van der Waals surface area (Å²) < 4.78 is 16.8. The highest BCUT2D eigenvalue weighted by atomic mass is 16.6. The summed E-state index contributed by atoms with van der Waals surface area (Å²) in [6.45, 7) is 6.47. The molecular formula is C66H116O6. The fourth-order valence-corrected chi connectivity index (χ4v) is 8.84. The van der Waals surface area contributed by atoms with Crippen LogP contribution < -0.4 is 0 Å². The molecule has 72 heavy (non-hydrogen) atoms. The predicted molar refractivity (Wildman–Crippen MR) is 311 cm³/mol. The summed E-state index contributed by atoms with van der Waals surface area (Å²) >= 11 is 0. The smallest absolute Gasteiger partial charge is 0.306 e. The van der Waals surface area contributed by atoms with E-state index in [9.17, 15) is 14.4 Å². The molecule has 0 amide bonds. The number of ether oxygens (including phenoxy) is 3. The fourth-order valence-electron chi connectivity index (χ4n) is 8.84. The molecule has 1 unspecified atom stereocenters. The fraction of sp³-hybridized carbons (Fsp3) is 0.773. The van der Waals surface area contributed by atoms with Gasteiger partial charge in [0.2, 0.25) is 0 Å². The summed E-state index contributed by atoms with van der Waals surface area (Å²) in [5.41, 5.74) is 0. The highest BCUT2D eigenvalue weighted by molar-refractivity contribution is 5.71. The molecule has 0 heterocycles. The average molecular weight is 1010 g/mol. The molecule has 416 valence electrons. The Kier molecular flexibility index (Phi) is 57.8. The number of allylic oxidation sites excluding steroid dienone is 12. The van der Waals surface area contributed by atoms with E-state index in [0.717, 1.165) is 70.6 Å². The molecule has 0 bridgehead atoms. The summed E-state index contributed by atoms with van der Waals surface area (Å²) in [5, 5.41) is 0. The minimum absolute atomic E-state index is 0.0964. The normalized spacial score (nSPS) is 12.5. The molecule has 0 aromatic rings. The second kappa shape index (κ2) is 60.4. The number of unbranched alkanes of at least 4 members (excludes halogenated alkanes) is 33. The summed E-state index contributed by atoms with van der Waals surface area (Å²) in [7, 11) is 0. The third kappa shape index (κ3) is 57.7. The van der Waals surface area contributed by atoms with Gasteiger partial charge in [-0.05, 0) is 77.0 Å². The van der Waals surface area contributed by atoms with Gasteiger partial charge in [0.15, 0.2) is 6.10 Å². The Balaban J connectivity index is 4.35. The Morgan fingerprint density at radius 2 is 0.569 bits per heavy atom. The first-order valence-corrected chi connectivity index (χ1v) is 30.9. The maximum Gasteiger partial charge on any atom is 0.306 e. The van der Waals surface area contributed by atoms with Crippen LogP contribution in [0.1, 0.15) is 310 Å². The lowest BCUT2D eigenvalue weighted by Gasteiger charge is -2.18. The van der Waals surface area contributed by atoms with Crippen LogP contribution >= 0.6 is 0 Å². The van der Waals surface area contributed by atoms with Crippen LogP contribution in [0.15, 0.2) is 72.9 Å². The topological polar surface area (TPSA) is 78.9 Å². The van der Waals surface area contributed by atoms with Gasteiger partial charge in [-0.15, -0.1) is 0 Å². The zero-order valence-electron chi connectivity index (χ0n) is 47.7. The van der Waals surface area contributed by atoms with E-state index in [1.807, 2.05) is 6.08 Å². The molecule has 0 fully saturated rings. The van der Waals surface area contributed by atoms with Crippen molar-refractivity contribution in [1.29, 1.82) is 0 Å². The van der Waals surface area contributed by atoms with Gasteiger partial charge in [-0.25, -0.2) is 0 Å². The quantitative estimate of drug-likeness (QED) is 0.0261. The van der Waals surface area contributed by atoms with Crippen LogP contribution in [0.2, 0.25) is 0 Å². The van der Waals surface area contributed by atoms with Crippen LogP contribution in [0.25, 0.3) is 0 Å². The second-order valence-electron chi connectivity index (χ2n) is 20.6. The molecule has 0 aliphatic carbocycles. The van der Waals surface area contributed by atoms with Crippen LogP contribution in [0, 0.1) is 0 Å². The maximum absolute atomic E-state index is 12.9. The van der Waals surface area contributed by atoms with Crippen LogP contribution in [0.5, 0.6) is 0 Å². The minimum Gasteiger partial charge on any atom is -0.462 e. The predicted octanol–water partition coefficient (Wildman–Crippen LogP) is 20.9. The third-order valence-electron chi connectivity index (χ3n) is 13.5. The standard InChI is InChI=1S/C66H116O6/c1-4-7-10-13-16-19-22-25-27-29-31-32-33-35-36-38-41-44-47-50-53-56-59-65(68)71-62-63(61-70-64(67)58-55-52-49-46-43-40-24-21-18-15-12-9-6-3)72-66(69)60-57-54-51-48-45-42-39-37-34-30-28-26-23-20-17-14-11-8-5-2/h9,12,17-18,20-21,26,28,40,43,49,52,63H,4-8,10-11,13-16,19,22-25,27,29-39,41-42,44-48,50-51,53-62H2,1-3H3/b12-9-,20-17-,21-18-,28-26-,43-40-,52-49-. The summed E-state index contributed by atoms with van der Waals surface area (Å²) in [5.74, 6) is -0.973. The number of hydrogen-bond donors (Lipinski definition) is 0. The van der Waals surface area contributed by atoms with Crippen molar-refractivity contribution in [3.63, 3.8) is 0 Å². The summed E-state index contributed by atoms with van der Waals surface area (Å²) in [6.07, 6.45) is 77.8. The van der Waals surface area contributed by atoms with E-state index in [0.29, 0.717) is 19.3 Å². The van der Waals surface area contributed by atoms with Crippen molar-refractivity contribution in [2.24, 2.45) is 0 Å². The van der Waals surface area contributed by atoms with E-state index < -0.39 is 6.10 Å². The number of carbonyl (C=O) groups excluding carboxylic acids is 3. The maximum atomic E-state index is 12.9. The zero-order chi connectivity index (χ0) is 52.2. The van der Waals surface area contributed by atoms with Crippen molar-refractivity contribution in [2.75, 3.05) is 13.2 Å². The summed E-state index contributed by atoms with van der Waals surface area (Å²) in [4.78, 5) is 38.2. The highest BCUT2D eigenvalue weighted by Gasteiger charge is 2.19. The molecule has 0 aromatic carbocycles. The molecule has 0 aliphatic heterocycles. The molecule has 0 N–H and O–H groups in total. The molecule has 6 nitrogen and oxygen atoms in total. The van der Waals surface area contributed by atoms with Crippen LogP contribution in [-0.4, -0.2) is 37.2 Å². The SMILES string of the molecule is CC/C=C\C/C=C\C/C=C\C/C=C\CCC(=O)OCC(COC(=O)CCCCCCCCCCCCCCCCCCCCCCCC)OC(=O)CCCCCCCCCCC/C=C\C/C=C\CCCCC. The molecular weight excluding hydrogens is 889 g/mol. The second-order valence-corrected chi connectivity index (χ2v) is 20.6. The van der Waals surface area contributed by atoms with Gasteiger partial charge in [-0.2, -0.15) is 0 Å². The van der Waals surface area contributed by atoms with Gasteiger partial charge in [0.05, 0.1) is 0 Å². The van der Waals surface area contributed by atoms with Crippen LogP contribution in [0.4, 0.5) is 0 Å². The molecule has 0 radical (unpaired) electrons. The van der Waals surface area contributed by atoms with Gasteiger partial charge in [0.25, 0.3) is 0 Å². The van der Waals surface area contributed by atoms with Crippen molar-refractivity contribution in [2.45, 2.75) is 316 Å². The number of esters is 3. The van der Waals surface area contributed by atoms with E-state index in [2.05, 4.69) is 87.6 Å². The first-order chi connectivity index (χ1) is 35.5. The van der Waals surface area contributed by atoms with E-state index in [1.54, 1.807) is 0 Å². The van der Waals surface area contributed by atoms with Crippen molar-refractivity contribution < 1.29 is 28.6 Å². The Labute approximate surface area is 446 Å². The van der Waals surface area contributed by atoms with E-state index in [1.165, 1.54) is 193 Å². The van der Waals surface area contributed by atoms with Crippen molar-refractivity contribution >= 4 is 17.9 Å². The monoisotopic (exact) mass is 1000 g/mol. The molecule has 1 atom stereocenters. The van der Waals surface area contributed by atoms with Gasteiger partial charge in [0.1, 0.15) is 13.2 Å². The Hall–Kier alpha value is -3.15. The first kappa shape index (κ1) is 68.8. The van der Waals surface area contributed by atoms with E-state index in [-0.39, 0.29) is 37.5 Å². The lowest BCUT2D eigenvalue weighted by Crippen LogP contribution is -2.30. The van der Waals surface area contributed by atoms with Gasteiger partial charge < -0.3 is 14.2 Å². The average Bonchev–Trinajstić information content (AvgIpc) is 3.38. The highest BCUT2D eigenvalue weighted by Crippen LogP contribution is 2.17. The molecule has 0 rings (SSSR count). The number of hydrogen-bond acceptors (Lipinski definition) is 6. The third-order valence-corrected chi connectivity index (χ3v) is 13.5. The van der Waals surface area contributed by atoms with Crippen molar-refractivity contribution in [3.05, 3.63) is 72.9 Å². The number of carbonyl (C=O) groups is 3. The van der Waals surface area contributed by atoms with Crippen LogP contribution in [0.3, 0.4) is 0 Å². The molecule has 0 spiro atoms. The van der Waals surface area contributed by atoms with Gasteiger partial charge in [-0.1, -0.05) is 286 Å². The summed E-state index contributed by atoms with van der Waals surface area (Å²) in [6, 6.07) is 0. The lowest BCUT2D eigenvalue weighted by molar-refractivity contribution is -0.166. The van der Waals surface area contributed by atoms with Crippen LogP contribution in [-0.2, 0) is 28.6 Å². The molecule has 6 heteroatoms. The molecule has 0 aliphatic rings. The molecule has 0 saturated heterocycles.